The molecule has 0 spiro atoms. The smallest absolute Gasteiger partial charge is 0.330 e. The maximum atomic E-state index is 12.4. The van der Waals surface area contributed by atoms with Crippen molar-refractivity contribution < 1.29 is 19.1 Å². The fourth-order valence-corrected chi connectivity index (χ4v) is 2.65. The van der Waals surface area contributed by atoms with Gasteiger partial charge in [-0.05, 0) is 25.3 Å². The number of aryl methyl sites for hydroxylation is 1. The van der Waals surface area contributed by atoms with Gasteiger partial charge >= 0.3 is 5.97 Å². The van der Waals surface area contributed by atoms with Crippen LogP contribution in [0.5, 0.6) is 0 Å². The summed E-state index contributed by atoms with van der Waals surface area (Å²) < 4.78 is 10.3. The Hall–Kier alpha value is -2.14. The predicted octanol–water partition coefficient (Wildman–Crippen LogP) is 2.31. The second-order valence-electron chi connectivity index (χ2n) is 5.62. The summed E-state index contributed by atoms with van der Waals surface area (Å²) in [5.41, 5.74) is 2.21. The van der Waals surface area contributed by atoms with Gasteiger partial charge in [0.1, 0.15) is 0 Å². The third-order valence-electron chi connectivity index (χ3n) is 3.91. The van der Waals surface area contributed by atoms with Crippen molar-refractivity contribution >= 4 is 11.9 Å². The lowest BCUT2D eigenvalue weighted by Gasteiger charge is -2.31. The van der Waals surface area contributed by atoms with Crippen LogP contribution < -0.4 is 5.32 Å². The van der Waals surface area contributed by atoms with Gasteiger partial charge < -0.3 is 14.8 Å². The summed E-state index contributed by atoms with van der Waals surface area (Å²) in [4.78, 5) is 23.4. The van der Waals surface area contributed by atoms with Crippen molar-refractivity contribution in [3.05, 3.63) is 47.5 Å². The molecular formula is C18H23NO4. The molecule has 1 aromatic carbocycles. The second kappa shape index (κ2) is 8.48. The molecule has 0 bridgehead atoms. The molecule has 1 N–H and O–H groups in total. The predicted molar refractivity (Wildman–Crippen MR) is 86.8 cm³/mol. The van der Waals surface area contributed by atoms with Crippen molar-refractivity contribution in [2.24, 2.45) is 5.92 Å². The summed E-state index contributed by atoms with van der Waals surface area (Å²) in [5.74, 6) is -0.694. The van der Waals surface area contributed by atoms with Gasteiger partial charge in [-0.25, -0.2) is 4.79 Å². The van der Waals surface area contributed by atoms with Crippen molar-refractivity contribution in [3.63, 3.8) is 0 Å². The minimum atomic E-state index is -0.433. The number of nitrogens with one attached hydrogen (secondary N) is 1. The first-order valence-electron chi connectivity index (χ1n) is 7.82. The van der Waals surface area contributed by atoms with Crippen LogP contribution in [-0.2, 0) is 19.1 Å². The average molecular weight is 317 g/mol. The Labute approximate surface area is 136 Å². The molecule has 0 unspecified atom stereocenters. The summed E-state index contributed by atoms with van der Waals surface area (Å²) in [5, 5.41) is 2.83. The molecule has 2 atom stereocenters. The van der Waals surface area contributed by atoms with Gasteiger partial charge in [0.2, 0.25) is 5.91 Å². The number of amides is 1. The van der Waals surface area contributed by atoms with Crippen LogP contribution >= 0.6 is 0 Å². The van der Waals surface area contributed by atoms with Gasteiger partial charge in [0.15, 0.2) is 0 Å². The summed E-state index contributed by atoms with van der Waals surface area (Å²) >= 11 is 0. The highest BCUT2D eigenvalue weighted by Gasteiger charge is 2.32. The van der Waals surface area contributed by atoms with E-state index in [9.17, 15) is 9.59 Å². The summed E-state index contributed by atoms with van der Waals surface area (Å²) in [6.45, 7) is 3.00. The zero-order valence-corrected chi connectivity index (χ0v) is 13.6. The molecule has 0 radical (unpaired) electrons. The number of methoxy groups -OCH3 is 1. The van der Waals surface area contributed by atoms with Gasteiger partial charge in [0.25, 0.3) is 0 Å². The quantitative estimate of drug-likeness (QED) is 0.668. The third-order valence-corrected chi connectivity index (χ3v) is 3.91. The van der Waals surface area contributed by atoms with Crippen LogP contribution in [0.15, 0.2) is 36.4 Å². The maximum Gasteiger partial charge on any atom is 0.330 e. The van der Waals surface area contributed by atoms with Crippen molar-refractivity contribution in [2.75, 3.05) is 20.3 Å². The topological polar surface area (TPSA) is 64.6 Å². The van der Waals surface area contributed by atoms with Crippen molar-refractivity contribution in [1.29, 1.82) is 0 Å². The van der Waals surface area contributed by atoms with E-state index in [1.165, 1.54) is 18.7 Å². The minimum absolute atomic E-state index is 0.0511. The van der Waals surface area contributed by atoms with Gasteiger partial charge in [-0.3, -0.25) is 4.79 Å². The van der Waals surface area contributed by atoms with E-state index in [2.05, 4.69) is 10.1 Å². The first-order valence-corrected chi connectivity index (χ1v) is 7.82. The summed E-state index contributed by atoms with van der Waals surface area (Å²) in [6, 6.07) is 8.09. The molecule has 5 heteroatoms. The monoisotopic (exact) mass is 317 g/mol. The van der Waals surface area contributed by atoms with Crippen LogP contribution in [0.4, 0.5) is 0 Å². The maximum absolute atomic E-state index is 12.4. The fourth-order valence-electron chi connectivity index (χ4n) is 2.65. The molecule has 0 aliphatic carbocycles. The number of carbonyl (C=O) groups excluding carboxylic acids is 2. The zero-order valence-electron chi connectivity index (χ0n) is 13.6. The Morgan fingerprint density at radius 3 is 2.78 bits per heavy atom. The van der Waals surface area contributed by atoms with Gasteiger partial charge in [0, 0.05) is 19.2 Å². The van der Waals surface area contributed by atoms with Crippen LogP contribution in [0.25, 0.3) is 0 Å². The van der Waals surface area contributed by atoms with Gasteiger partial charge in [0.05, 0.1) is 19.1 Å². The third kappa shape index (κ3) is 4.93. The van der Waals surface area contributed by atoms with Gasteiger partial charge in [-0.1, -0.05) is 35.9 Å². The van der Waals surface area contributed by atoms with Crippen LogP contribution in [0.2, 0.25) is 0 Å². The molecule has 1 heterocycles. The Morgan fingerprint density at radius 2 is 2.09 bits per heavy atom. The molecule has 23 heavy (non-hydrogen) atoms. The minimum Gasteiger partial charge on any atom is -0.466 e. The van der Waals surface area contributed by atoms with E-state index in [1.807, 2.05) is 31.2 Å². The second-order valence-corrected chi connectivity index (χ2v) is 5.62. The molecule has 0 saturated carbocycles. The van der Waals surface area contributed by atoms with Crippen molar-refractivity contribution in [2.45, 2.75) is 25.9 Å². The van der Waals surface area contributed by atoms with Crippen LogP contribution in [0.3, 0.4) is 0 Å². The molecule has 1 saturated heterocycles. The van der Waals surface area contributed by atoms with Crippen molar-refractivity contribution in [1.82, 2.24) is 5.32 Å². The van der Waals surface area contributed by atoms with Crippen molar-refractivity contribution in [3.8, 4) is 0 Å². The Kier molecular flexibility index (Phi) is 6.35. The molecule has 124 valence electrons. The zero-order chi connectivity index (χ0) is 16.7. The number of hydrogen-bond donors (Lipinski definition) is 1. The van der Waals surface area contributed by atoms with E-state index < -0.39 is 5.97 Å². The number of carbonyl (C=O) groups is 2. The molecule has 1 amide bonds. The average Bonchev–Trinajstić information content (AvgIpc) is 2.59. The molecule has 1 fully saturated rings. The summed E-state index contributed by atoms with van der Waals surface area (Å²) in [7, 11) is 1.32. The highest BCUT2D eigenvalue weighted by atomic mass is 16.5. The Morgan fingerprint density at radius 1 is 1.35 bits per heavy atom. The van der Waals surface area contributed by atoms with Gasteiger partial charge in [-0.2, -0.15) is 0 Å². The number of esters is 1. The first kappa shape index (κ1) is 17.2. The van der Waals surface area contributed by atoms with Crippen LogP contribution in [-0.4, -0.2) is 32.1 Å². The number of ether oxygens (including phenoxy) is 2. The van der Waals surface area contributed by atoms with Crippen LogP contribution in [0, 0.1) is 12.8 Å². The van der Waals surface area contributed by atoms with E-state index in [1.54, 1.807) is 6.08 Å². The van der Waals surface area contributed by atoms with Gasteiger partial charge in [-0.15, -0.1) is 0 Å². The number of benzene rings is 1. The SMILES string of the molecule is COC(=O)/C=C/CNC(=O)[C@@H]1CCCO[C@H]1c1ccc(C)cc1. The Bertz CT molecular complexity index is 565. The normalized spacial score (nSPS) is 21.1. The molecule has 0 aromatic heterocycles. The van der Waals surface area contributed by atoms with E-state index in [0.29, 0.717) is 13.2 Å². The largest absolute Gasteiger partial charge is 0.466 e. The molecule has 5 nitrogen and oxygen atoms in total. The van der Waals surface area contributed by atoms with Crippen LogP contribution in [0.1, 0.15) is 30.1 Å². The standard InChI is InChI=1S/C18H23NO4/c1-13-7-9-14(10-8-13)17-15(5-4-12-23-17)18(21)19-11-3-6-16(20)22-2/h3,6-10,15,17H,4-5,11-12H2,1-2H3,(H,19,21)/b6-3+/t15-,17+/m1/s1. The Balaban J connectivity index is 1.97. The van der Waals surface area contributed by atoms with E-state index in [-0.39, 0.29) is 17.9 Å². The lowest BCUT2D eigenvalue weighted by molar-refractivity contribution is -0.135. The molecule has 2 rings (SSSR count). The highest BCUT2D eigenvalue weighted by molar-refractivity contribution is 5.82. The highest BCUT2D eigenvalue weighted by Crippen LogP contribution is 2.33. The number of hydrogen-bond acceptors (Lipinski definition) is 4. The van der Waals surface area contributed by atoms with E-state index in [4.69, 9.17) is 4.74 Å². The number of rotatable bonds is 5. The summed E-state index contributed by atoms with van der Waals surface area (Å²) in [6.07, 6.45) is 4.33. The molecule has 1 aliphatic rings. The fraction of sp³-hybridized carbons (Fsp3) is 0.444. The molecule has 1 aromatic rings. The lowest BCUT2D eigenvalue weighted by atomic mass is 9.88. The first-order chi connectivity index (χ1) is 11.1. The molecule has 1 aliphatic heterocycles. The molecular weight excluding hydrogens is 294 g/mol. The van der Waals surface area contributed by atoms with E-state index in [0.717, 1.165) is 18.4 Å². The van der Waals surface area contributed by atoms with E-state index >= 15 is 0 Å². The lowest BCUT2D eigenvalue weighted by Crippen LogP contribution is -2.37.